The van der Waals surface area contributed by atoms with Crippen molar-refractivity contribution >= 4 is 17.6 Å². The largest absolute Gasteiger partial charge is 0.481 e. The summed E-state index contributed by atoms with van der Waals surface area (Å²) in [5, 5.41) is 13.1. The van der Waals surface area contributed by atoms with Crippen molar-refractivity contribution < 1.29 is 14.6 Å². The van der Waals surface area contributed by atoms with Gasteiger partial charge in [-0.25, -0.2) is 0 Å². The molecule has 0 aliphatic rings. The number of hydrogen-bond donors (Lipinski definition) is 2. The maximum absolute atomic E-state index is 11.4. The topological polar surface area (TPSA) is 58.6 Å². The van der Waals surface area contributed by atoms with Crippen LogP contribution < -0.4 is 10.1 Å². The summed E-state index contributed by atoms with van der Waals surface area (Å²) in [7, 11) is 0. The van der Waals surface area contributed by atoms with Gasteiger partial charge in [0, 0.05) is 23.7 Å². The summed E-state index contributed by atoms with van der Waals surface area (Å²) in [6.45, 7) is 4.89. The van der Waals surface area contributed by atoms with Crippen molar-refractivity contribution in [3.8, 4) is 11.5 Å². The number of benzene rings is 2. The van der Waals surface area contributed by atoms with Gasteiger partial charge in [-0.2, -0.15) is 0 Å². The van der Waals surface area contributed by atoms with Gasteiger partial charge in [0.05, 0.1) is 5.92 Å². The summed E-state index contributed by atoms with van der Waals surface area (Å²) in [5.41, 5.74) is 0.821. The van der Waals surface area contributed by atoms with Crippen LogP contribution >= 0.6 is 11.6 Å². The zero-order valence-corrected chi connectivity index (χ0v) is 15.3. The van der Waals surface area contributed by atoms with Crippen LogP contribution in [0.15, 0.2) is 48.5 Å². The molecule has 0 aliphatic heterocycles. The minimum absolute atomic E-state index is 0.334. The average molecular weight is 362 g/mol. The Kier molecular flexibility index (Phi) is 7.29. The van der Waals surface area contributed by atoms with Gasteiger partial charge in [0.15, 0.2) is 0 Å². The minimum atomic E-state index is -0.777. The van der Waals surface area contributed by atoms with Crippen LogP contribution in [0.1, 0.15) is 25.8 Å². The number of ether oxygens (including phenoxy) is 1. The van der Waals surface area contributed by atoms with E-state index in [1.165, 1.54) is 0 Å². The van der Waals surface area contributed by atoms with Gasteiger partial charge < -0.3 is 15.2 Å². The molecule has 0 amide bonds. The molecule has 2 aromatic rings. The zero-order valence-electron chi connectivity index (χ0n) is 14.5. The molecule has 2 N–H and O–H groups in total. The first-order valence-electron chi connectivity index (χ1n) is 8.41. The lowest BCUT2D eigenvalue weighted by Gasteiger charge is -2.17. The van der Waals surface area contributed by atoms with E-state index in [0.717, 1.165) is 11.3 Å². The fraction of sp³-hybridized carbons (Fsp3) is 0.350. The van der Waals surface area contributed by atoms with E-state index >= 15 is 0 Å². The van der Waals surface area contributed by atoms with Gasteiger partial charge in [0.2, 0.25) is 0 Å². The molecule has 4 nitrogen and oxygen atoms in total. The predicted molar refractivity (Wildman–Crippen MR) is 100 cm³/mol. The molecule has 0 radical (unpaired) electrons. The third-order valence-electron chi connectivity index (χ3n) is 3.84. The van der Waals surface area contributed by atoms with E-state index in [1.807, 2.05) is 56.3 Å². The summed E-state index contributed by atoms with van der Waals surface area (Å²) in [5.74, 6) is 0.540. The van der Waals surface area contributed by atoms with Crippen molar-refractivity contribution in [2.45, 2.75) is 26.8 Å². The molecule has 0 aliphatic carbocycles. The number of hydrogen-bond acceptors (Lipinski definition) is 3. The molecule has 134 valence electrons. The first kappa shape index (κ1) is 19.3. The van der Waals surface area contributed by atoms with E-state index < -0.39 is 11.9 Å². The molecular weight excluding hydrogens is 338 g/mol. The number of carboxylic acids is 1. The average Bonchev–Trinajstić information content (AvgIpc) is 2.56. The smallest absolute Gasteiger partial charge is 0.307 e. The maximum atomic E-state index is 11.4. The van der Waals surface area contributed by atoms with Gasteiger partial charge in [-0.1, -0.05) is 49.7 Å². The Morgan fingerprint density at radius 1 is 1.16 bits per heavy atom. The maximum Gasteiger partial charge on any atom is 0.307 e. The summed E-state index contributed by atoms with van der Waals surface area (Å²) < 4.78 is 5.92. The lowest BCUT2D eigenvalue weighted by atomic mass is 9.97. The van der Waals surface area contributed by atoms with Gasteiger partial charge in [-0.05, 0) is 36.6 Å². The number of nitrogens with one attached hydrogen (secondary N) is 1. The highest BCUT2D eigenvalue weighted by molar-refractivity contribution is 6.31. The Balaban J connectivity index is 2.05. The lowest BCUT2D eigenvalue weighted by Crippen LogP contribution is -2.29. The second-order valence-corrected chi connectivity index (χ2v) is 6.83. The van der Waals surface area contributed by atoms with Gasteiger partial charge in [0.25, 0.3) is 0 Å². The molecule has 5 heteroatoms. The molecule has 0 bridgehead atoms. The van der Waals surface area contributed by atoms with Gasteiger partial charge in [0.1, 0.15) is 11.5 Å². The number of aliphatic carboxylic acids is 1. The van der Waals surface area contributed by atoms with E-state index in [-0.39, 0.29) is 0 Å². The number of halogens is 1. The molecule has 2 rings (SSSR count). The molecule has 0 heterocycles. The second kappa shape index (κ2) is 9.44. The van der Waals surface area contributed by atoms with Crippen LogP contribution in [0.3, 0.4) is 0 Å². The Bertz CT molecular complexity index is 689. The van der Waals surface area contributed by atoms with Gasteiger partial charge in [-0.15, -0.1) is 0 Å². The molecule has 0 saturated heterocycles. The second-order valence-electron chi connectivity index (χ2n) is 6.43. The van der Waals surface area contributed by atoms with Gasteiger partial charge >= 0.3 is 5.97 Å². The van der Waals surface area contributed by atoms with Gasteiger partial charge in [-0.3, -0.25) is 4.79 Å². The predicted octanol–water partition coefficient (Wildman–Crippen LogP) is 4.97. The number of carbonyl (C=O) groups is 1. The third kappa shape index (κ3) is 6.07. The normalized spacial score (nSPS) is 12.2. The summed E-state index contributed by atoms with van der Waals surface area (Å²) in [4.78, 5) is 11.4. The van der Waals surface area contributed by atoms with Crippen LogP contribution in [0.2, 0.25) is 5.02 Å². The molecule has 0 saturated carbocycles. The fourth-order valence-electron chi connectivity index (χ4n) is 2.63. The fourth-order valence-corrected chi connectivity index (χ4v) is 2.87. The Morgan fingerprint density at radius 3 is 2.52 bits per heavy atom. The lowest BCUT2D eigenvalue weighted by molar-refractivity contribution is -0.142. The van der Waals surface area contributed by atoms with Crippen molar-refractivity contribution in [2.75, 3.05) is 6.54 Å². The Morgan fingerprint density at radius 2 is 1.88 bits per heavy atom. The molecule has 0 aromatic heterocycles. The Hall–Kier alpha value is -2.04. The summed E-state index contributed by atoms with van der Waals surface area (Å²) >= 11 is 6.32. The number of rotatable bonds is 9. The molecule has 0 fully saturated rings. The van der Waals surface area contributed by atoms with Crippen LogP contribution in [0, 0.1) is 11.8 Å². The van der Waals surface area contributed by atoms with Crippen molar-refractivity contribution in [2.24, 2.45) is 11.8 Å². The summed E-state index contributed by atoms with van der Waals surface area (Å²) in [6, 6.07) is 15.0. The highest BCUT2D eigenvalue weighted by atomic mass is 35.5. The quantitative estimate of drug-likeness (QED) is 0.662. The number of carboxylic acid groups (broad SMARTS) is 1. The van der Waals surface area contributed by atoms with E-state index in [9.17, 15) is 9.90 Å². The zero-order chi connectivity index (χ0) is 18.2. The Labute approximate surface area is 153 Å². The van der Waals surface area contributed by atoms with E-state index in [1.54, 1.807) is 6.07 Å². The molecule has 25 heavy (non-hydrogen) atoms. The van der Waals surface area contributed by atoms with Crippen molar-refractivity contribution in [3.05, 3.63) is 59.1 Å². The van der Waals surface area contributed by atoms with Crippen molar-refractivity contribution in [1.29, 1.82) is 0 Å². The monoisotopic (exact) mass is 361 g/mol. The minimum Gasteiger partial charge on any atom is -0.481 e. The summed E-state index contributed by atoms with van der Waals surface area (Å²) in [6.07, 6.45) is 0.637. The van der Waals surface area contributed by atoms with E-state index in [0.29, 0.717) is 36.2 Å². The third-order valence-corrected chi connectivity index (χ3v) is 4.20. The van der Waals surface area contributed by atoms with Crippen molar-refractivity contribution in [1.82, 2.24) is 5.32 Å². The van der Waals surface area contributed by atoms with E-state index in [4.69, 9.17) is 16.3 Å². The number of para-hydroxylation sites is 1. The highest BCUT2D eigenvalue weighted by Crippen LogP contribution is 2.30. The first-order valence-corrected chi connectivity index (χ1v) is 8.79. The molecular formula is C20H24ClNO3. The SMILES string of the molecule is CC(C)CC(CNCc1c(Cl)cccc1Oc1ccccc1)C(=O)O. The van der Waals surface area contributed by atoms with Crippen LogP contribution in [0.5, 0.6) is 11.5 Å². The molecule has 1 atom stereocenters. The standard InChI is InChI=1S/C20H24ClNO3/c1-14(2)11-15(20(23)24)12-22-13-17-18(21)9-6-10-19(17)25-16-7-4-3-5-8-16/h3-10,14-15,22H,11-13H2,1-2H3,(H,23,24). The van der Waals surface area contributed by atoms with Crippen LogP contribution in [-0.4, -0.2) is 17.6 Å². The van der Waals surface area contributed by atoms with Crippen LogP contribution in [0.25, 0.3) is 0 Å². The van der Waals surface area contributed by atoms with Crippen LogP contribution in [0.4, 0.5) is 0 Å². The first-order chi connectivity index (χ1) is 12.0. The van der Waals surface area contributed by atoms with Crippen molar-refractivity contribution in [3.63, 3.8) is 0 Å². The highest BCUT2D eigenvalue weighted by Gasteiger charge is 2.19. The molecule has 2 aromatic carbocycles. The van der Waals surface area contributed by atoms with E-state index in [2.05, 4.69) is 5.32 Å². The van der Waals surface area contributed by atoms with Crippen LogP contribution in [-0.2, 0) is 11.3 Å². The molecule has 1 unspecified atom stereocenters. The molecule has 0 spiro atoms.